The topological polar surface area (TPSA) is 54.3 Å². The Morgan fingerprint density at radius 3 is 2.40 bits per heavy atom. The molecule has 40 heavy (non-hydrogen) atoms. The number of alkyl halides is 6. The number of aromatic nitrogens is 3. The fraction of sp³-hybridized carbons (Fsp3) is 0.464. The monoisotopic (exact) mass is 565 g/mol. The highest BCUT2D eigenvalue weighted by Crippen LogP contribution is 2.60. The number of carbonyl (C=O) groups is 1. The van der Waals surface area contributed by atoms with Crippen LogP contribution in [-0.4, -0.2) is 44.6 Å². The van der Waals surface area contributed by atoms with Crippen molar-refractivity contribution in [3.63, 3.8) is 0 Å². The third-order valence-electron chi connectivity index (χ3n) is 8.06. The van der Waals surface area contributed by atoms with Crippen molar-refractivity contribution < 1.29 is 31.1 Å². The van der Waals surface area contributed by atoms with E-state index in [1.807, 2.05) is 18.7 Å². The molecule has 0 unspecified atom stereocenters. The van der Waals surface area contributed by atoms with Gasteiger partial charge in [-0.15, -0.1) is 10.2 Å². The van der Waals surface area contributed by atoms with E-state index in [1.165, 1.54) is 53.2 Å². The Bertz CT molecular complexity index is 1440. The molecule has 12 heteroatoms. The number of benzene rings is 2. The van der Waals surface area contributed by atoms with Gasteiger partial charge in [-0.05, 0) is 61.9 Å². The molecule has 214 valence electrons. The number of hydrogen-bond acceptors (Lipinski definition) is 4. The van der Waals surface area contributed by atoms with E-state index in [0.29, 0.717) is 5.56 Å². The Morgan fingerprint density at radius 2 is 1.82 bits per heavy atom. The van der Waals surface area contributed by atoms with Gasteiger partial charge in [0.1, 0.15) is 6.33 Å². The minimum Gasteiger partial charge on any atom is -0.318 e. The van der Waals surface area contributed by atoms with Gasteiger partial charge in [0, 0.05) is 49.1 Å². The highest BCUT2D eigenvalue weighted by molar-refractivity contribution is 6.10. The lowest BCUT2D eigenvalue weighted by Gasteiger charge is -2.49. The van der Waals surface area contributed by atoms with Gasteiger partial charge in [-0.25, -0.2) is 13.2 Å². The van der Waals surface area contributed by atoms with Gasteiger partial charge in [0.25, 0.3) is 5.91 Å². The molecule has 0 N–H and O–H groups in total. The third-order valence-corrected chi connectivity index (χ3v) is 8.06. The number of fused-ring (bicyclic) bond motifs is 1. The smallest absolute Gasteiger partial charge is 0.318 e. The van der Waals surface area contributed by atoms with E-state index < -0.39 is 48.0 Å². The summed E-state index contributed by atoms with van der Waals surface area (Å²) in [6.45, 7) is 3.69. The van der Waals surface area contributed by atoms with E-state index in [9.17, 15) is 26.7 Å². The van der Waals surface area contributed by atoms with Crippen LogP contribution >= 0.6 is 0 Å². The second kappa shape index (κ2) is 9.60. The largest absolute Gasteiger partial charge is 0.416 e. The van der Waals surface area contributed by atoms with E-state index in [0.717, 1.165) is 6.07 Å². The molecule has 2 heterocycles. The zero-order valence-corrected chi connectivity index (χ0v) is 22.4. The van der Waals surface area contributed by atoms with Crippen LogP contribution in [0.15, 0.2) is 42.7 Å². The van der Waals surface area contributed by atoms with Gasteiger partial charge in [-0.3, -0.25) is 9.69 Å². The molecule has 1 aliphatic heterocycles. The van der Waals surface area contributed by atoms with E-state index in [4.69, 9.17) is 0 Å². The fourth-order valence-electron chi connectivity index (χ4n) is 5.64. The predicted octanol–water partition coefficient (Wildman–Crippen LogP) is 6.21. The molecule has 0 bridgehead atoms. The highest BCUT2D eigenvalue weighted by Gasteiger charge is 2.62. The lowest BCUT2D eigenvalue weighted by molar-refractivity contribution is -0.151. The van der Waals surface area contributed by atoms with Crippen LogP contribution in [0.3, 0.4) is 0 Å². The van der Waals surface area contributed by atoms with Crippen molar-refractivity contribution >= 4 is 11.6 Å². The molecule has 1 aromatic heterocycles. The minimum atomic E-state index is -4.69. The number of aryl methyl sites for hydroxylation is 1. The lowest BCUT2D eigenvalue weighted by Crippen LogP contribution is -2.52. The molecule has 0 spiro atoms. The average Bonchev–Trinajstić information content (AvgIpc) is 3.43. The first-order valence-corrected chi connectivity index (χ1v) is 12.8. The molecular formula is C28H29F6N5O. The van der Waals surface area contributed by atoms with Gasteiger partial charge in [0.2, 0.25) is 5.92 Å². The Morgan fingerprint density at radius 1 is 1.12 bits per heavy atom. The molecular weight excluding hydrogens is 536 g/mol. The summed E-state index contributed by atoms with van der Waals surface area (Å²) < 4.78 is 88.0. The van der Waals surface area contributed by atoms with Crippen molar-refractivity contribution in [3.05, 3.63) is 76.4 Å². The van der Waals surface area contributed by atoms with Crippen molar-refractivity contribution in [1.29, 1.82) is 0 Å². The summed E-state index contributed by atoms with van der Waals surface area (Å²) in [5.41, 5.74) is -1.96. The van der Waals surface area contributed by atoms with Crippen molar-refractivity contribution in [2.75, 3.05) is 11.9 Å². The maximum atomic E-state index is 15.9. The molecule has 5 rings (SSSR count). The molecule has 1 fully saturated rings. The fourth-order valence-corrected chi connectivity index (χ4v) is 5.64. The molecule has 0 saturated heterocycles. The second-order valence-corrected chi connectivity index (χ2v) is 11.1. The van der Waals surface area contributed by atoms with E-state index in [2.05, 4.69) is 10.2 Å². The van der Waals surface area contributed by atoms with Crippen LogP contribution in [0.4, 0.5) is 32.0 Å². The summed E-state index contributed by atoms with van der Waals surface area (Å²) in [7, 11) is 3.29. The normalized spacial score (nSPS) is 18.8. The van der Waals surface area contributed by atoms with Gasteiger partial charge < -0.3 is 9.47 Å². The number of rotatable bonds is 7. The zero-order valence-electron chi connectivity index (χ0n) is 22.4. The maximum absolute atomic E-state index is 15.9. The van der Waals surface area contributed by atoms with Gasteiger partial charge in [0.05, 0.1) is 12.1 Å². The number of hydrogen-bond donors (Lipinski definition) is 0. The Balaban J connectivity index is 1.53. The van der Waals surface area contributed by atoms with Crippen molar-refractivity contribution in [2.45, 2.75) is 69.5 Å². The summed E-state index contributed by atoms with van der Waals surface area (Å²) in [4.78, 5) is 16.5. The number of halogens is 6. The third kappa shape index (κ3) is 4.76. The van der Waals surface area contributed by atoms with Gasteiger partial charge in [-0.2, -0.15) is 13.2 Å². The van der Waals surface area contributed by atoms with Gasteiger partial charge >= 0.3 is 6.18 Å². The molecule has 6 nitrogen and oxygen atoms in total. The molecule has 2 aromatic carbocycles. The summed E-state index contributed by atoms with van der Waals surface area (Å²) in [5, 5.41) is 7.42. The highest BCUT2D eigenvalue weighted by atomic mass is 19.4. The van der Waals surface area contributed by atoms with Crippen LogP contribution in [0.1, 0.15) is 71.3 Å². The predicted molar refractivity (Wildman–Crippen MR) is 136 cm³/mol. The molecule has 3 aromatic rings. The number of amides is 1. The van der Waals surface area contributed by atoms with Crippen molar-refractivity contribution in [3.8, 4) is 0 Å². The first kappa shape index (κ1) is 28.1. The van der Waals surface area contributed by atoms with E-state index in [1.54, 1.807) is 7.05 Å². The molecule has 2 aliphatic rings. The van der Waals surface area contributed by atoms with Crippen LogP contribution in [0.5, 0.6) is 0 Å². The SMILES string of the molecule is CC(C)N(C)Cc1cc2c(c(C(F)(F)F)c1)CN(c1cccc(C3([C@H](F)c4nncn4C)CC(F)(F)C3)c1)C2=O. The van der Waals surface area contributed by atoms with Crippen LogP contribution in [0.25, 0.3) is 0 Å². The van der Waals surface area contributed by atoms with Gasteiger partial charge in [0.15, 0.2) is 12.0 Å². The van der Waals surface area contributed by atoms with Crippen LogP contribution < -0.4 is 4.90 Å². The average molecular weight is 566 g/mol. The zero-order chi connectivity index (χ0) is 29.2. The Kier molecular flexibility index (Phi) is 6.75. The number of nitrogens with zero attached hydrogens (tertiary/aromatic N) is 5. The van der Waals surface area contributed by atoms with Crippen LogP contribution in [0.2, 0.25) is 0 Å². The summed E-state index contributed by atoms with van der Waals surface area (Å²) in [6, 6.07) is 8.55. The molecule has 1 saturated carbocycles. The molecule has 0 radical (unpaired) electrons. The van der Waals surface area contributed by atoms with E-state index >= 15 is 4.39 Å². The number of carbonyl (C=O) groups excluding carboxylic acids is 1. The van der Waals surface area contributed by atoms with E-state index in [-0.39, 0.29) is 47.3 Å². The first-order chi connectivity index (χ1) is 18.6. The summed E-state index contributed by atoms with van der Waals surface area (Å²) in [6.07, 6.45) is -6.89. The van der Waals surface area contributed by atoms with Crippen LogP contribution in [0, 0.1) is 0 Å². The lowest BCUT2D eigenvalue weighted by atomic mass is 9.59. The van der Waals surface area contributed by atoms with Crippen LogP contribution in [-0.2, 0) is 31.7 Å². The standard InChI is InChI=1S/C28H29F6N5O/c1-16(2)37(3)11-17-8-20-21(22(9-17)28(32,33)34)12-39(25(20)40)19-7-5-6-18(10-19)26(13-27(30,31)14-26)23(29)24-36-35-15-38(24)4/h5-10,15-16,23H,11-14H2,1-4H3/t23-/m1/s1. The molecule has 1 atom stereocenters. The first-order valence-electron chi connectivity index (χ1n) is 12.8. The molecule has 1 aliphatic carbocycles. The Hall–Kier alpha value is -3.41. The Labute approximate surface area is 227 Å². The summed E-state index contributed by atoms with van der Waals surface area (Å²) >= 11 is 0. The van der Waals surface area contributed by atoms with Crippen molar-refractivity contribution in [2.24, 2.45) is 7.05 Å². The minimum absolute atomic E-state index is 0.0558. The maximum Gasteiger partial charge on any atom is 0.416 e. The molecule has 1 amide bonds. The summed E-state index contributed by atoms with van der Waals surface area (Å²) in [5.74, 6) is -3.84. The number of anilines is 1. The second-order valence-electron chi connectivity index (χ2n) is 11.1. The quantitative estimate of drug-likeness (QED) is 0.320. The van der Waals surface area contributed by atoms with Gasteiger partial charge in [-0.1, -0.05) is 12.1 Å². The van der Waals surface area contributed by atoms with Crippen molar-refractivity contribution in [1.82, 2.24) is 19.7 Å².